The molecule has 0 atom stereocenters. The zero-order chi connectivity index (χ0) is 19.9. The third-order valence-corrected chi connectivity index (χ3v) is 6.48. The Hall–Kier alpha value is -2.20. The number of thiophene rings is 1. The van der Waals surface area contributed by atoms with Crippen LogP contribution in [0, 0.1) is 0 Å². The number of pyridine rings is 1. The minimum absolute atomic E-state index is 0.0222. The molecular formula is C19H21N3O4S2. The molecule has 1 aliphatic rings. The van der Waals surface area contributed by atoms with Gasteiger partial charge in [0.15, 0.2) is 0 Å². The summed E-state index contributed by atoms with van der Waals surface area (Å²) in [5.74, 6) is 0.739. The molecule has 2 N–H and O–H groups in total. The lowest BCUT2D eigenvalue weighted by Gasteiger charge is -2.38. The number of H-pyrrole nitrogens is 1. The summed E-state index contributed by atoms with van der Waals surface area (Å²) in [6.45, 7) is 2.08. The van der Waals surface area contributed by atoms with Gasteiger partial charge in [0.05, 0.1) is 13.4 Å². The average molecular weight is 420 g/mol. The second-order valence-electron chi connectivity index (χ2n) is 6.93. The van der Waals surface area contributed by atoms with E-state index in [4.69, 9.17) is 4.74 Å². The Morgan fingerprint density at radius 3 is 2.86 bits per heavy atom. The number of aromatic nitrogens is 1. The van der Waals surface area contributed by atoms with Crippen LogP contribution < -0.4 is 15.0 Å². The van der Waals surface area contributed by atoms with Gasteiger partial charge in [-0.1, -0.05) is 12.2 Å². The van der Waals surface area contributed by atoms with Crippen LogP contribution in [0.25, 0.3) is 27.1 Å². The van der Waals surface area contributed by atoms with Gasteiger partial charge in [-0.2, -0.15) is 0 Å². The minimum Gasteiger partial charge on any atom is -0.496 e. The highest BCUT2D eigenvalue weighted by atomic mass is 32.2. The van der Waals surface area contributed by atoms with Crippen LogP contribution in [0.1, 0.15) is 5.56 Å². The van der Waals surface area contributed by atoms with Crippen molar-refractivity contribution in [2.75, 3.05) is 33.0 Å². The monoisotopic (exact) mass is 419 g/mol. The molecule has 0 radical (unpaired) electrons. The molecule has 1 aromatic carbocycles. The lowest BCUT2D eigenvalue weighted by Crippen LogP contribution is -2.58. The second kappa shape index (κ2) is 7.32. The number of likely N-dealkylation sites (tertiary alicyclic amines) is 1. The number of hydrogen-bond donors (Lipinski definition) is 2. The SMILES string of the molecule is COc1ccc2[nH]c(=O)c3sccc3c2c1C=CCN1CC(NS(C)(=O)=O)C1. The van der Waals surface area contributed by atoms with Crippen molar-refractivity contribution in [2.24, 2.45) is 0 Å². The summed E-state index contributed by atoms with van der Waals surface area (Å²) in [4.78, 5) is 17.4. The summed E-state index contributed by atoms with van der Waals surface area (Å²) in [5, 5.41) is 3.80. The van der Waals surface area contributed by atoms with E-state index in [2.05, 4.69) is 14.6 Å². The molecule has 0 aliphatic carbocycles. The van der Waals surface area contributed by atoms with Crippen LogP contribution in [0.3, 0.4) is 0 Å². The van der Waals surface area contributed by atoms with Gasteiger partial charge < -0.3 is 9.72 Å². The third-order valence-electron chi connectivity index (χ3n) is 4.80. The maximum absolute atomic E-state index is 12.2. The first kappa shape index (κ1) is 19.1. The van der Waals surface area contributed by atoms with Crippen LogP contribution >= 0.6 is 11.3 Å². The predicted molar refractivity (Wildman–Crippen MR) is 114 cm³/mol. The van der Waals surface area contributed by atoms with E-state index in [1.165, 1.54) is 17.6 Å². The lowest BCUT2D eigenvalue weighted by molar-refractivity contribution is 0.159. The fourth-order valence-electron chi connectivity index (χ4n) is 3.62. The van der Waals surface area contributed by atoms with E-state index in [0.717, 1.165) is 27.6 Å². The molecule has 3 heterocycles. The molecule has 3 aromatic rings. The minimum atomic E-state index is -3.16. The number of methoxy groups -OCH3 is 1. The Bertz CT molecular complexity index is 1220. The number of hydrogen-bond acceptors (Lipinski definition) is 6. The van der Waals surface area contributed by atoms with Crippen molar-refractivity contribution in [1.29, 1.82) is 0 Å². The molecular weight excluding hydrogens is 398 g/mol. The lowest BCUT2D eigenvalue weighted by atomic mass is 10.0. The zero-order valence-electron chi connectivity index (χ0n) is 15.6. The van der Waals surface area contributed by atoms with Crippen molar-refractivity contribution in [2.45, 2.75) is 6.04 Å². The largest absolute Gasteiger partial charge is 0.496 e. The molecule has 148 valence electrons. The molecule has 2 aromatic heterocycles. The summed E-state index contributed by atoms with van der Waals surface area (Å²) in [6.07, 6.45) is 5.23. The first-order chi connectivity index (χ1) is 13.4. The summed E-state index contributed by atoms with van der Waals surface area (Å²) in [5.41, 5.74) is 1.62. The summed E-state index contributed by atoms with van der Waals surface area (Å²) in [6, 6.07) is 5.66. The first-order valence-corrected chi connectivity index (χ1v) is 11.6. The number of fused-ring (bicyclic) bond motifs is 3. The Kier molecular flexibility index (Phi) is 5.00. The molecule has 4 rings (SSSR count). The Morgan fingerprint density at radius 2 is 2.14 bits per heavy atom. The topological polar surface area (TPSA) is 91.5 Å². The average Bonchev–Trinajstić information content (AvgIpc) is 3.08. The van der Waals surface area contributed by atoms with E-state index in [1.54, 1.807) is 7.11 Å². The number of aromatic amines is 1. The van der Waals surface area contributed by atoms with Crippen molar-refractivity contribution >= 4 is 48.4 Å². The van der Waals surface area contributed by atoms with Crippen LogP contribution in [0.2, 0.25) is 0 Å². The van der Waals surface area contributed by atoms with Crippen LogP contribution in [0.4, 0.5) is 0 Å². The second-order valence-corrected chi connectivity index (χ2v) is 9.63. The van der Waals surface area contributed by atoms with E-state index < -0.39 is 10.0 Å². The molecule has 1 aliphatic heterocycles. The van der Waals surface area contributed by atoms with Crippen molar-refractivity contribution < 1.29 is 13.2 Å². The highest BCUT2D eigenvalue weighted by Gasteiger charge is 2.27. The van der Waals surface area contributed by atoms with Crippen molar-refractivity contribution in [1.82, 2.24) is 14.6 Å². The predicted octanol–water partition coefficient (Wildman–Crippen LogP) is 2.00. The molecule has 7 nitrogen and oxygen atoms in total. The molecule has 1 saturated heterocycles. The van der Waals surface area contributed by atoms with Crippen molar-refractivity contribution in [3.63, 3.8) is 0 Å². The smallest absolute Gasteiger partial charge is 0.266 e. The fraction of sp³-hybridized carbons (Fsp3) is 0.316. The quantitative estimate of drug-likeness (QED) is 0.638. The highest BCUT2D eigenvalue weighted by Crippen LogP contribution is 2.34. The van der Waals surface area contributed by atoms with Crippen molar-refractivity contribution in [3.8, 4) is 5.75 Å². The van der Waals surface area contributed by atoms with Gasteiger partial charge in [0, 0.05) is 47.5 Å². The molecule has 0 saturated carbocycles. The molecule has 0 spiro atoms. The van der Waals surface area contributed by atoms with Gasteiger partial charge >= 0.3 is 0 Å². The Morgan fingerprint density at radius 1 is 1.36 bits per heavy atom. The first-order valence-electron chi connectivity index (χ1n) is 8.82. The number of nitrogens with one attached hydrogen (secondary N) is 2. The summed E-state index contributed by atoms with van der Waals surface area (Å²) < 4.78 is 31.4. The molecule has 28 heavy (non-hydrogen) atoms. The molecule has 1 fully saturated rings. The normalized spacial score (nSPS) is 16.2. The Balaban J connectivity index is 1.61. The standard InChI is InChI=1S/C19H21N3O4S2/c1-26-16-6-5-15-17(14-7-9-27-18(14)19(23)20-15)13(16)4-3-8-22-10-12(11-22)21-28(2,24)25/h3-7,9,12,21H,8,10-11H2,1-2H3,(H,20,23). The van der Waals surface area contributed by atoms with Gasteiger partial charge in [0.25, 0.3) is 5.56 Å². The van der Waals surface area contributed by atoms with Gasteiger partial charge in [-0.25, -0.2) is 13.1 Å². The molecule has 0 bridgehead atoms. The number of rotatable bonds is 6. The van der Waals surface area contributed by atoms with E-state index in [1.807, 2.05) is 35.7 Å². The van der Waals surface area contributed by atoms with Crippen molar-refractivity contribution in [3.05, 3.63) is 45.6 Å². The molecule has 0 amide bonds. The van der Waals surface area contributed by atoms with E-state index in [9.17, 15) is 13.2 Å². The van der Waals surface area contributed by atoms with Crippen LogP contribution in [0.5, 0.6) is 5.75 Å². The molecule has 9 heteroatoms. The number of ether oxygens (including phenoxy) is 1. The van der Waals surface area contributed by atoms with Gasteiger partial charge in [-0.05, 0) is 23.6 Å². The third kappa shape index (κ3) is 3.70. The van der Waals surface area contributed by atoms with E-state index >= 15 is 0 Å². The van der Waals surface area contributed by atoms with Gasteiger partial charge in [0.1, 0.15) is 10.4 Å². The zero-order valence-corrected chi connectivity index (χ0v) is 17.2. The number of sulfonamides is 1. The number of benzene rings is 1. The van der Waals surface area contributed by atoms with Gasteiger partial charge in [0.2, 0.25) is 10.0 Å². The maximum atomic E-state index is 12.2. The van der Waals surface area contributed by atoms with Gasteiger partial charge in [-0.15, -0.1) is 11.3 Å². The Labute approximate surface area is 166 Å². The maximum Gasteiger partial charge on any atom is 0.266 e. The van der Waals surface area contributed by atoms with Gasteiger partial charge in [-0.3, -0.25) is 9.69 Å². The van der Waals surface area contributed by atoms with E-state index in [-0.39, 0.29) is 11.6 Å². The highest BCUT2D eigenvalue weighted by molar-refractivity contribution is 7.88. The van der Waals surface area contributed by atoms with Crippen LogP contribution in [0.15, 0.2) is 34.4 Å². The molecule has 0 unspecified atom stereocenters. The van der Waals surface area contributed by atoms with Crippen LogP contribution in [-0.4, -0.2) is 57.3 Å². The van der Waals surface area contributed by atoms with E-state index in [0.29, 0.717) is 24.3 Å². The fourth-order valence-corrected chi connectivity index (χ4v) is 5.17. The summed E-state index contributed by atoms with van der Waals surface area (Å²) in [7, 11) is -1.53. The summed E-state index contributed by atoms with van der Waals surface area (Å²) >= 11 is 1.42. The van der Waals surface area contributed by atoms with Crippen LogP contribution in [-0.2, 0) is 10.0 Å². The number of nitrogens with zero attached hydrogens (tertiary/aromatic N) is 1.